The molecular formula is C18H23ClF2N4S2. The van der Waals surface area contributed by atoms with Gasteiger partial charge in [0, 0.05) is 12.6 Å². The lowest BCUT2D eigenvalue weighted by Gasteiger charge is -2.13. The zero-order valence-electron chi connectivity index (χ0n) is 14.9. The topological polar surface area (TPSA) is 49.0 Å². The first-order chi connectivity index (χ1) is 13.1. The van der Waals surface area contributed by atoms with Crippen LogP contribution in [0, 0.1) is 10.9 Å². The Balaban J connectivity index is 1.40. The zero-order valence-corrected chi connectivity index (χ0v) is 17.3. The second-order valence-corrected chi connectivity index (χ2v) is 8.74. The van der Waals surface area contributed by atoms with Crippen molar-refractivity contribution in [3.05, 3.63) is 34.3 Å². The number of unbranched alkanes of at least 4 members (excludes halogenated alkanes) is 1. The summed E-state index contributed by atoms with van der Waals surface area (Å²) in [5.74, 6) is -0.390. The molecule has 1 fully saturated rings. The van der Waals surface area contributed by atoms with Gasteiger partial charge in [0.25, 0.3) is 0 Å². The molecule has 0 saturated heterocycles. The first-order valence-electron chi connectivity index (χ1n) is 9.12. The molecule has 27 heavy (non-hydrogen) atoms. The number of nitrogens with one attached hydrogen (secondary N) is 3. The van der Waals surface area contributed by atoms with Crippen molar-refractivity contribution in [2.75, 3.05) is 23.1 Å². The Morgan fingerprint density at radius 1 is 1.19 bits per heavy atom. The molecule has 2 aromatic rings. The third-order valence-electron chi connectivity index (χ3n) is 4.45. The van der Waals surface area contributed by atoms with E-state index < -0.39 is 5.13 Å². The van der Waals surface area contributed by atoms with Gasteiger partial charge in [-0.1, -0.05) is 35.8 Å². The van der Waals surface area contributed by atoms with Crippen molar-refractivity contribution >= 4 is 45.7 Å². The SMILES string of the molecule is Fc1cnc(NSc2cc(Cl)c(NCCCCNC3CCCC3)cc2F)s1. The molecule has 1 heterocycles. The smallest absolute Gasteiger partial charge is 0.198 e. The summed E-state index contributed by atoms with van der Waals surface area (Å²) in [4.78, 5) is 4.16. The third-order valence-corrected chi connectivity index (χ3v) is 6.43. The number of aromatic nitrogens is 1. The van der Waals surface area contributed by atoms with Crippen LogP contribution in [0.3, 0.4) is 0 Å². The highest BCUT2D eigenvalue weighted by atomic mass is 35.5. The van der Waals surface area contributed by atoms with E-state index in [4.69, 9.17) is 11.6 Å². The van der Waals surface area contributed by atoms with Crippen LogP contribution in [0.25, 0.3) is 0 Å². The lowest BCUT2D eigenvalue weighted by Crippen LogP contribution is -2.27. The summed E-state index contributed by atoms with van der Waals surface area (Å²) in [6, 6.07) is 3.65. The fraction of sp³-hybridized carbons (Fsp3) is 0.500. The second-order valence-electron chi connectivity index (χ2n) is 6.51. The Bertz CT molecular complexity index is 738. The molecule has 1 aliphatic rings. The van der Waals surface area contributed by atoms with E-state index in [9.17, 15) is 8.78 Å². The number of hydrogen-bond acceptors (Lipinski definition) is 6. The third kappa shape index (κ3) is 6.48. The van der Waals surface area contributed by atoms with E-state index in [1.54, 1.807) is 6.07 Å². The molecule has 1 aromatic heterocycles. The van der Waals surface area contributed by atoms with Gasteiger partial charge in [-0.2, -0.15) is 4.39 Å². The zero-order chi connectivity index (χ0) is 19.1. The number of rotatable bonds is 10. The van der Waals surface area contributed by atoms with Crippen molar-refractivity contribution in [1.29, 1.82) is 0 Å². The van der Waals surface area contributed by atoms with Crippen LogP contribution < -0.4 is 15.4 Å². The largest absolute Gasteiger partial charge is 0.384 e. The van der Waals surface area contributed by atoms with Crippen molar-refractivity contribution in [2.45, 2.75) is 49.5 Å². The minimum atomic E-state index is -0.394. The fourth-order valence-corrected chi connectivity index (χ4v) is 4.62. The highest BCUT2D eigenvalue weighted by molar-refractivity contribution is 8.00. The lowest BCUT2D eigenvalue weighted by molar-refractivity contribution is 0.510. The molecule has 0 unspecified atom stereocenters. The molecule has 0 aliphatic heterocycles. The predicted molar refractivity (Wildman–Crippen MR) is 111 cm³/mol. The van der Waals surface area contributed by atoms with E-state index in [0.29, 0.717) is 26.8 Å². The standard InChI is InChI=1S/C18H23ClF2N4S2/c19-13-9-16(27-25-18-24-11-17(21)26-18)14(20)10-15(13)23-8-4-3-7-22-12-5-1-2-6-12/h9-12,22-23H,1-8H2,(H,24,25). The van der Waals surface area contributed by atoms with E-state index in [1.807, 2.05) is 0 Å². The van der Waals surface area contributed by atoms with E-state index in [1.165, 1.54) is 31.7 Å². The van der Waals surface area contributed by atoms with Gasteiger partial charge in [0.15, 0.2) is 10.3 Å². The molecule has 9 heteroatoms. The predicted octanol–water partition coefficient (Wildman–Crippen LogP) is 5.92. The van der Waals surface area contributed by atoms with Crippen LogP contribution in [0.1, 0.15) is 38.5 Å². The van der Waals surface area contributed by atoms with Gasteiger partial charge in [-0.05, 0) is 56.3 Å². The summed E-state index contributed by atoms with van der Waals surface area (Å²) in [5.41, 5.74) is 0.586. The highest BCUT2D eigenvalue weighted by Gasteiger charge is 2.13. The molecule has 1 saturated carbocycles. The number of nitrogens with zero attached hydrogens (tertiary/aromatic N) is 1. The van der Waals surface area contributed by atoms with Crippen molar-refractivity contribution < 1.29 is 8.78 Å². The average molecular weight is 433 g/mol. The second kappa shape index (κ2) is 10.5. The first-order valence-corrected chi connectivity index (χ1v) is 11.1. The maximum Gasteiger partial charge on any atom is 0.198 e. The van der Waals surface area contributed by atoms with Gasteiger partial charge < -0.3 is 15.4 Å². The van der Waals surface area contributed by atoms with Crippen LogP contribution in [-0.4, -0.2) is 24.1 Å². The van der Waals surface area contributed by atoms with Gasteiger partial charge in [-0.15, -0.1) is 0 Å². The number of hydrogen-bond donors (Lipinski definition) is 3. The summed E-state index contributed by atoms with van der Waals surface area (Å²) in [6.07, 6.45) is 8.46. The van der Waals surface area contributed by atoms with Crippen LogP contribution in [0.4, 0.5) is 19.6 Å². The Morgan fingerprint density at radius 3 is 2.70 bits per heavy atom. The summed E-state index contributed by atoms with van der Waals surface area (Å²) in [6.45, 7) is 1.77. The monoisotopic (exact) mass is 432 g/mol. The van der Waals surface area contributed by atoms with Crippen molar-refractivity contribution in [1.82, 2.24) is 10.3 Å². The minimum absolute atomic E-state index is 0.335. The van der Waals surface area contributed by atoms with Crippen molar-refractivity contribution in [2.24, 2.45) is 0 Å². The average Bonchev–Trinajstić information content (AvgIpc) is 3.31. The van der Waals surface area contributed by atoms with Gasteiger partial charge in [0.1, 0.15) is 5.82 Å². The Labute approximate surface area is 171 Å². The van der Waals surface area contributed by atoms with E-state index in [0.717, 1.165) is 55.4 Å². The van der Waals surface area contributed by atoms with Gasteiger partial charge in [-0.25, -0.2) is 9.37 Å². The molecule has 3 N–H and O–H groups in total. The quantitative estimate of drug-likeness (QED) is 0.321. The summed E-state index contributed by atoms with van der Waals surface area (Å²) in [7, 11) is 0. The summed E-state index contributed by atoms with van der Waals surface area (Å²) < 4.78 is 30.0. The highest BCUT2D eigenvalue weighted by Crippen LogP contribution is 2.32. The van der Waals surface area contributed by atoms with Crippen LogP contribution in [0.5, 0.6) is 0 Å². The maximum atomic E-state index is 14.3. The number of benzene rings is 1. The minimum Gasteiger partial charge on any atom is -0.384 e. The molecule has 0 atom stereocenters. The Hall–Kier alpha value is -1.09. The molecule has 0 bridgehead atoms. The van der Waals surface area contributed by atoms with Gasteiger partial charge >= 0.3 is 0 Å². The van der Waals surface area contributed by atoms with E-state index in [2.05, 4.69) is 20.3 Å². The summed E-state index contributed by atoms with van der Waals surface area (Å²) in [5, 5.41) is 7.22. The van der Waals surface area contributed by atoms with Crippen LogP contribution in [0.15, 0.2) is 23.2 Å². The first kappa shape index (κ1) is 20.6. The molecule has 0 amide bonds. The number of halogens is 3. The molecule has 3 rings (SSSR count). The molecule has 148 valence electrons. The van der Waals surface area contributed by atoms with E-state index in [-0.39, 0.29) is 5.82 Å². The van der Waals surface area contributed by atoms with E-state index >= 15 is 0 Å². The molecule has 0 spiro atoms. The number of anilines is 2. The normalized spacial score (nSPS) is 14.6. The van der Waals surface area contributed by atoms with Crippen LogP contribution >= 0.6 is 34.9 Å². The van der Waals surface area contributed by atoms with Crippen molar-refractivity contribution in [3.63, 3.8) is 0 Å². The Morgan fingerprint density at radius 2 is 1.96 bits per heavy atom. The summed E-state index contributed by atoms with van der Waals surface area (Å²) >= 11 is 8.14. The van der Waals surface area contributed by atoms with Crippen LogP contribution in [-0.2, 0) is 0 Å². The van der Waals surface area contributed by atoms with Crippen LogP contribution in [0.2, 0.25) is 5.02 Å². The molecular weight excluding hydrogens is 410 g/mol. The fourth-order valence-electron chi connectivity index (χ4n) is 3.05. The molecule has 0 radical (unpaired) electrons. The lowest BCUT2D eigenvalue weighted by atomic mass is 10.2. The van der Waals surface area contributed by atoms with Gasteiger partial charge in [0.05, 0.1) is 21.8 Å². The van der Waals surface area contributed by atoms with Gasteiger partial charge in [-0.3, -0.25) is 0 Å². The molecule has 4 nitrogen and oxygen atoms in total. The maximum absolute atomic E-state index is 14.3. The van der Waals surface area contributed by atoms with Gasteiger partial charge in [0.2, 0.25) is 0 Å². The Kier molecular flexibility index (Phi) is 7.99. The molecule has 1 aromatic carbocycles. The number of thiazole rings is 1. The van der Waals surface area contributed by atoms with Crippen molar-refractivity contribution in [3.8, 4) is 0 Å². The molecule has 1 aliphatic carbocycles.